The molecule has 0 unspecified atom stereocenters. The van der Waals surface area contributed by atoms with Gasteiger partial charge in [-0.15, -0.1) is 0 Å². The number of aryl methyl sites for hydroxylation is 8. The SMILES string of the molecule is Cc1ccc2c(c1)c1cc(C)ccc1n2-c1c(C#N)c(-c2nc3ccccc3o2)c(-n2c3ccc(C)cc3c3cc(C)ccc32)c(-n2c3ccc(C)cc3c3cc(C)ccc32)c1-n1c2ccc(C)cc2c2cc(C)ccc21. The van der Waals surface area contributed by atoms with Crippen LogP contribution in [-0.4, -0.2) is 23.3 Å². The highest BCUT2D eigenvalue weighted by atomic mass is 16.3. The minimum absolute atomic E-state index is 0.356. The van der Waals surface area contributed by atoms with E-state index in [-0.39, 0.29) is 0 Å². The third-order valence-corrected chi connectivity index (χ3v) is 16.2. The molecule has 368 valence electrons. The molecule has 0 radical (unpaired) electrons. The third kappa shape index (κ3) is 6.39. The largest absolute Gasteiger partial charge is 0.436 e. The van der Waals surface area contributed by atoms with Crippen molar-refractivity contribution < 1.29 is 4.42 Å². The zero-order chi connectivity index (χ0) is 52.3. The molecule has 77 heavy (non-hydrogen) atoms. The number of nitrogens with zero attached hydrogens (tertiary/aromatic N) is 6. The van der Waals surface area contributed by atoms with E-state index in [0.717, 1.165) is 132 Å². The normalized spacial score (nSPS) is 12.1. The van der Waals surface area contributed by atoms with Gasteiger partial charge in [-0.25, -0.2) is 4.98 Å². The molecule has 0 aliphatic heterocycles. The van der Waals surface area contributed by atoms with Crippen LogP contribution >= 0.6 is 0 Å². The van der Waals surface area contributed by atoms with Crippen LogP contribution in [0.2, 0.25) is 0 Å². The molecule has 0 amide bonds. The maximum atomic E-state index is 12.8. The zero-order valence-electron chi connectivity index (χ0n) is 44.3. The first-order chi connectivity index (χ1) is 37.4. The van der Waals surface area contributed by atoms with Crippen LogP contribution in [0.15, 0.2) is 174 Å². The summed E-state index contributed by atoms with van der Waals surface area (Å²) in [7, 11) is 0. The summed E-state index contributed by atoms with van der Waals surface area (Å²) in [4.78, 5) is 5.45. The molecule has 15 aromatic rings. The topological polar surface area (TPSA) is 69.5 Å². The second-order valence-corrected chi connectivity index (χ2v) is 21.7. The van der Waals surface area contributed by atoms with E-state index >= 15 is 0 Å². The standard InChI is InChI=1S/C70H52N6O/c1-38-13-21-56-46(29-38)47-30-39(2)14-22-57(47)73(56)66-54(37-71)65(70-72-55-11-9-10-12-64(55)77-70)67(74-58-23-15-40(3)31-48(58)49-32-41(4)16-24-59(49)74)69(76-62-27-19-44(7)35-52(62)53-36-45(8)20-28-63(53)76)68(66)75-60-25-17-42(5)33-50(60)51-34-43(6)18-26-61(51)75/h9-36H,1-8H3. The molecule has 0 saturated heterocycles. The van der Waals surface area contributed by atoms with Crippen LogP contribution in [0, 0.1) is 66.7 Å². The monoisotopic (exact) mass is 992 g/mol. The highest BCUT2D eigenvalue weighted by Crippen LogP contribution is 2.52. The van der Waals surface area contributed by atoms with Crippen molar-refractivity contribution in [3.63, 3.8) is 0 Å². The van der Waals surface area contributed by atoms with Crippen LogP contribution < -0.4 is 0 Å². The fourth-order valence-corrected chi connectivity index (χ4v) is 12.8. The summed E-state index contributed by atoms with van der Waals surface area (Å²) in [6.07, 6.45) is 0. The summed E-state index contributed by atoms with van der Waals surface area (Å²) >= 11 is 0. The number of para-hydroxylation sites is 2. The van der Waals surface area contributed by atoms with E-state index in [4.69, 9.17) is 9.40 Å². The fourth-order valence-electron chi connectivity index (χ4n) is 12.8. The van der Waals surface area contributed by atoms with Gasteiger partial charge in [-0.1, -0.05) is 105 Å². The molecule has 10 aromatic carbocycles. The van der Waals surface area contributed by atoms with Crippen LogP contribution in [0.25, 0.3) is 133 Å². The summed E-state index contributed by atoms with van der Waals surface area (Å²) in [6.45, 7) is 17.3. The number of hydrogen-bond donors (Lipinski definition) is 0. The molecule has 5 aromatic heterocycles. The van der Waals surface area contributed by atoms with E-state index < -0.39 is 0 Å². The van der Waals surface area contributed by atoms with Crippen molar-refractivity contribution in [1.82, 2.24) is 23.3 Å². The minimum Gasteiger partial charge on any atom is -0.436 e. The van der Waals surface area contributed by atoms with Gasteiger partial charge in [0.05, 0.1) is 78.0 Å². The second-order valence-electron chi connectivity index (χ2n) is 21.7. The summed E-state index contributed by atoms with van der Waals surface area (Å²) in [5.41, 5.74) is 23.0. The molecule has 0 fully saturated rings. The van der Waals surface area contributed by atoms with Crippen molar-refractivity contribution in [2.24, 2.45) is 0 Å². The van der Waals surface area contributed by atoms with Gasteiger partial charge < -0.3 is 22.7 Å². The predicted molar refractivity (Wildman–Crippen MR) is 319 cm³/mol. The number of hydrogen-bond acceptors (Lipinski definition) is 3. The lowest BCUT2D eigenvalue weighted by atomic mass is 9.97. The molecule has 0 aliphatic rings. The second kappa shape index (κ2) is 16.2. The molecule has 0 bridgehead atoms. The van der Waals surface area contributed by atoms with E-state index in [0.29, 0.717) is 28.1 Å². The molecule has 0 aliphatic carbocycles. The van der Waals surface area contributed by atoms with E-state index in [2.05, 4.69) is 225 Å². The summed E-state index contributed by atoms with van der Waals surface area (Å²) < 4.78 is 16.9. The minimum atomic E-state index is 0.356. The van der Waals surface area contributed by atoms with Crippen molar-refractivity contribution in [3.05, 3.63) is 220 Å². The van der Waals surface area contributed by atoms with Gasteiger partial charge in [-0.3, -0.25) is 0 Å². The number of fused-ring (bicyclic) bond motifs is 13. The van der Waals surface area contributed by atoms with Crippen LogP contribution in [0.1, 0.15) is 50.1 Å². The van der Waals surface area contributed by atoms with Crippen molar-refractivity contribution in [2.75, 3.05) is 0 Å². The van der Waals surface area contributed by atoms with Gasteiger partial charge in [0, 0.05) is 43.1 Å². The van der Waals surface area contributed by atoms with Crippen LogP contribution in [0.5, 0.6) is 0 Å². The summed E-state index contributed by atoms with van der Waals surface area (Å²) in [5.74, 6) is 0.356. The maximum Gasteiger partial charge on any atom is 0.230 e. The first-order valence-corrected chi connectivity index (χ1v) is 26.5. The fraction of sp³-hybridized carbons (Fsp3) is 0.114. The molecule has 7 nitrogen and oxygen atoms in total. The summed E-state index contributed by atoms with van der Waals surface area (Å²) in [5, 5.41) is 21.8. The van der Waals surface area contributed by atoms with Crippen molar-refractivity contribution in [1.29, 1.82) is 5.26 Å². The average Bonchev–Trinajstić information content (AvgIpc) is 4.43. The van der Waals surface area contributed by atoms with Gasteiger partial charge in [0.15, 0.2) is 5.58 Å². The van der Waals surface area contributed by atoms with E-state index in [1.54, 1.807) is 0 Å². The third-order valence-electron chi connectivity index (χ3n) is 16.2. The lowest BCUT2D eigenvalue weighted by molar-refractivity contribution is 0.619. The molecule has 0 atom stereocenters. The van der Waals surface area contributed by atoms with Crippen LogP contribution in [0.3, 0.4) is 0 Å². The summed E-state index contributed by atoms with van der Waals surface area (Å²) in [6, 6.07) is 65.2. The van der Waals surface area contributed by atoms with Crippen molar-refractivity contribution in [2.45, 2.75) is 55.4 Å². The Labute approximate surface area is 444 Å². The molecule has 0 spiro atoms. The van der Waals surface area contributed by atoms with E-state index in [1.165, 1.54) is 22.3 Å². The van der Waals surface area contributed by atoms with Gasteiger partial charge in [0.1, 0.15) is 11.6 Å². The Kier molecular flexibility index (Phi) is 9.42. The van der Waals surface area contributed by atoms with E-state index in [9.17, 15) is 5.26 Å². The lowest BCUT2D eigenvalue weighted by Gasteiger charge is -2.28. The Morgan fingerprint density at radius 1 is 0.338 bits per heavy atom. The number of benzene rings is 10. The highest BCUT2D eigenvalue weighted by Gasteiger charge is 2.37. The van der Waals surface area contributed by atoms with Gasteiger partial charge in [0.2, 0.25) is 5.89 Å². The molecular formula is C70H52N6O. The Morgan fingerprint density at radius 3 is 0.909 bits per heavy atom. The Bertz CT molecular complexity index is 4880. The Hall–Kier alpha value is -9.64. The quantitative estimate of drug-likeness (QED) is 0.172. The number of aromatic nitrogens is 5. The number of rotatable bonds is 5. The molecule has 5 heterocycles. The first kappa shape index (κ1) is 44.8. The highest BCUT2D eigenvalue weighted by molar-refractivity contribution is 6.17. The van der Waals surface area contributed by atoms with Crippen LogP contribution in [-0.2, 0) is 0 Å². The van der Waals surface area contributed by atoms with Crippen molar-refractivity contribution >= 4 is 98.3 Å². The van der Waals surface area contributed by atoms with Crippen LogP contribution in [0.4, 0.5) is 0 Å². The number of oxazole rings is 1. The smallest absolute Gasteiger partial charge is 0.230 e. The lowest BCUT2D eigenvalue weighted by Crippen LogP contribution is -2.17. The molecule has 15 rings (SSSR count). The molecule has 0 saturated carbocycles. The molecular weight excluding hydrogens is 941 g/mol. The van der Waals surface area contributed by atoms with Gasteiger partial charge in [-0.2, -0.15) is 5.26 Å². The average molecular weight is 993 g/mol. The van der Waals surface area contributed by atoms with Crippen molar-refractivity contribution in [3.8, 4) is 40.3 Å². The number of nitriles is 1. The zero-order valence-corrected chi connectivity index (χ0v) is 44.3. The van der Waals surface area contributed by atoms with E-state index in [1.807, 2.05) is 24.3 Å². The Balaban J connectivity index is 1.33. The van der Waals surface area contributed by atoms with Gasteiger partial charge in [-0.05, 0) is 165 Å². The first-order valence-electron chi connectivity index (χ1n) is 26.5. The Morgan fingerprint density at radius 2 is 0.610 bits per heavy atom. The molecule has 0 N–H and O–H groups in total. The predicted octanol–water partition coefficient (Wildman–Crippen LogP) is 18.2. The van der Waals surface area contributed by atoms with Gasteiger partial charge in [0.25, 0.3) is 0 Å². The molecule has 7 heteroatoms. The maximum absolute atomic E-state index is 12.8. The van der Waals surface area contributed by atoms with Gasteiger partial charge >= 0.3 is 0 Å².